The first-order chi connectivity index (χ1) is 7.15. The van der Waals surface area contributed by atoms with Gasteiger partial charge in [0, 0.05) is 18.1 Å². The molecule has 0 aromatic carbocycles. The largest absolute Gasteiger partial charge is 0.310 e. The second-order valence-electron chi connectivity index (χ2n) is 5.70. The normalized spacial score (nSPS) is 36.2. The summed E-state index contributed by atoms with van der Waals surface area (Å²) in [7, 11) is 0. The van der Waals surface area contributed by atoms with E-state index in [0.29, 0.717) is 5.54 Å². The Labute approximate surface area is 94.4 Å². The summed E-state index contributed by atoms with van der Waals surface area (Å²) < 4.78 is 0. The molecule has 2 unspecified atom stereocenters. The van der Waals surface area contributed by atoms with Gasteiger partial charge in [-0.1, -0.05) is 6.92 Å². The van der Waals surface area contributed by atoms with Crippen molar-refractivity contribution in [2.45, 2.75) is 58.0 Å². The third kappa shape index (κ3) is 2.54. The minimum absolute atomic E-state index is 0.403. The molecule has 1 saturated carbocycles. The summed E-state index contributed by atoms with van der Waals surface area (Å²) in [6.45, 7) is 10.9. The smallest absolute Gasteiger partial charge is 0.0308 e. The zero-order valence-electron chi connectivity index (χ0n) is 10.6. The maximum atomic E-state index is 3.79. The summed E-state index contributed by atoms with van der Waals surface area (Å²) >= 11 is 0. The van der Waals surface area contributed by atoms with Crippen LogP contribution in [-0.4, -0.2) is 36.1 Å². The summed E-state index contributed by atoms with van der Waals surface area (Å²) in [6, 6.07) is 0.753. The molecule has 1 N–H and O–H groups in total. The van der Waals surface area contributed by atoms with Crippen molar-refractivity contribution in [2.75, 3.05) is 19.6 Å². The van der Waals surface area contributed by atoms with Crippen molar-refractivity contribution in [1.29, 1.82) is 0 Å². The summed E-state index contributed by atoms with van der Waals surface area (Å²) in [5.41, 5.74) is 0.403. The molecule has 2 aliphatic rings. The van der Waals surface area contributed by atoms with E-state index in [9.17, 15) is 0 Å². The van der Waals surface area contributed by atoms with Crippen molar-refractivity contribution >= 4 is 0 Å². The standard InChI is InChI=1S/C13H26N2/c1-4-11(2)15-9-5-8-14-13(3,10-15)12-6-7-12/h11-12,14H,4-10H2,1-3H3. The van der Waals surface area contributed by atoms with E-state index in [4.69, 9.17) is 0 Å². The fraction of sp³-hybridized carbons (Fsp3) is 1.00. The van der Waals surface area contributed by atoms with Gasteiger partial charge in [0.25, 0.3) is 0 Å². The monoisotopic (exact) mass is 210 g/mol. The van der Waals surface area contributed by atoms with Crippen LogP contribution in [0.1, 0.15) is 46.5 Å². The van der Waals surface area contributed by atoms with Crippen molar-refractivity contribution in [3.05, 3.63) is 0 Å². The number of rotatable bonds is 3. The van der Waals surface area contributed by atoms with Crippen LogP contribution in [0.15, 0.2) is 0 Å². The lowest BCUT2D eigenvalue weighted by atomic mass is 9.94. The molecule has 0 amide bonds. The first kappa shape index (κ1) is 11.4. The number of hydrogen-bond donors (Lipinski definition) is 1. The Morgan fingerprint density at radius 1 is 1.47 bits per heavy atom. The first-order valence-corrected chi connectivity index (χ1v) is 6.65. The van der Waals surface area contributed by atoms with Gasteiger partial charge in [-0.3, -0.25) is 4.90 Å². The van der Waals surface area contributed by atoms with Gasteiger partial charge >= 0.3 is 0 Å². The van der Waals surface area contributed by atoms with Gasteiger partial charge in [-0.25, -0.2) is 0 Å². The van der Waals surface area contributed by atoms with E-state index in [2.05, 4.69) is 31.0 Å². The molecule has 2 heteroatoms. The highest BCUT2D eigenvalue weighted by atomic mass is 15.2. The van der Waals surface area contributed by atoms with Crippen molar-refractivity contribution in [1.82, 2.24) is 10.2 Å². The lowest BCUT2D eigenvalue weighted by Gasteiger charge is -2.36. The summed E-state index contributed by atoms with van der Waals surface area (Å²) in [6.07, 6.45) is 5.48. The van der Waals surface area contributed by atoms with Crippen LogP contribution in [0, 0.1) is 5.92 Å². The third-order valence-electron chi connectivity index (χ3n) is 4.38. The number of nitrogens with zero attached hydrogens (tertiary/aromatic N) is 1. The molecular weight excluding hydrogens is 184 g/mol. The van der Waals surface area contributed by atoms with Gasteiger partial charge in [0.2, 0.25) is 0 Å². The first-order valence-electron chi connectivity index (χ1n) is 6.65. The highest BCUT2D eigenvalue weighted by molar-refractivity contribution is 5.01. The Morgan fingerprint density at radius 2 is 2.20 bits per heavy atom. The second kappa shape index (κ2) is 4.42. The van der Waals surface area contributed by atoms with E-state index in [1.165, 1.54) is 45.3 Å². The van der Waals surface area contributed by atoms with Crippen molar-refractivity contribution < 1.29 is 0 Å². The molecule has 15 heavy (non-hydrogen) atoms. The van der Waals surface area contributed by atoms with Gasteiger partial charge in [0.1, 0.15) is 0 Å². The van der Waals surface area contributed by atoms with Crippen LogP contribution in [0.2, 0.25) is 0 Å². The fourth-order valence-corrected chi connectivity index (χ4v) is 2.84. The predicted octanol–water partition coefficient (Wildman–Crippen LogP) is 2.25. The molecule has 0 spiro atoms. The predicted molar refractivity (Wildman–Crippen MR) is 65.1 cm³/mol. The van der Waals surface area contributed by atoms with E-state index in [1.54, 1.807) is 0 Å². The molecule has 1 heterocycles. The Hall–Kier alpha value is -0.0800. The van der Waals surface area contributed by atoms with Gasteiger partial charge in [0.15, 0.2) is 0 Å². The Bertz CT molecular complexity index is 213. The van der Waals surface area contributed by atoms with Gasteiger partial charge in [-0.15, -0.1) is 0 Å². The minimum Gasteiger partial charge on any atom is -0.310 e. The molecule has 2 fully saturated rings. The molecule has 0 aromatic rings. The zero-order valence-corrected chi connectivity index (χ0v) is 10.6. The number of hydrogen-bond acceptors (Lipinski definition) is 2. The Balaban J connectivity index is 2.01. The van der Waals surface area contributed by atoms with E-state index in [-0.39, 0.29) is 0 Å². The average Bonchev–Trinajstić information content (AvgIpc) is 3.02. The zero-order chi connectivity index (χ0) is 10.9. The highest BCUT2D eigenvalue weighted by Gasteiger charge is 2.43. The molecule has 0 aromatic heterocycles. The lowest BCUT2D eigenvalue weighted by Crippen LogP contribution is -2.52. The lowest BCUT2D eigenvalue weighted by molar-refractivity contribution is 0.156. The molecule has 2 atom stereocenters. The third-order valence-corrected chi connectivity index (χ3v) is 4.38. The topological polar surface area (TPSA) is 15.3 Å². The highest BCUT2D eigenvalue weighted by Crippen LogP contribution is 2.40. The van der Waals surface area contributed by atoms with Crippen LogP contribution in [0.25, 0.3) is 0 Å². The van der Waals surface area contributed by atoms with E-state index < -0.39 is 0 Å². The van der Waals surface area contributed by atoms with Gasteiger partial charge < -0.3 is 5.32 Å². The molecule has 2 nitrogen and oxygen atoms in total. The van der Waals surface area contributed by atoms with Gasteiger partial charge in [-0.05, 0) is 58.5 Å². The summed E-state index contributed by atoms with van der Waals surface area (Å²) in [5.74, 6) is 0.946. The SMILES string of the molecule is CCC(C)N1CCCNC(C)(C2CC2)C1. The molecule has 0 radical (unpaired) electrons. The molecule has 2 rings (SSSR count). The van der Waals surface area contributed by atoms with Crippen LogP contribution < -0.4 is 5.32 Å². The quantitative estimate of drug-likeness (QED) is 0.768. The molecular formula is C13H26N2. The van der Waals surface area contributed by atoms with Gasteiger partial charge in [0.05, 0.1) is 0 Å². The fourth-order valence-electron chi connectivity index (χ4n) is 2.84. The van der Waals surface area contributed by atoms with Crippen LogP contribution >= 0.6 is 0 Å². The van der Waals surface area contributed by atoms with E-state index >= 15 is 0 Å². The molecule has 1 saturated heterocycles. The van der Waals surface area contributed by atoms with Crippen molar-refractivity contribution in [3.8, 4) is 0 Å². The van der Waals surface area contributed by atoms with Crippen LogP contribution in [-0.2, 0) is 0 Å². The van der Waals surface area contributed by atoms with E-state index in [0.717, 1.165) is 12.0 Å². The molecule has 1 aliphatic carbocycles. The molecule has 1 aliphatic heterocycles. The maximum Gasteiger partial charge on any atom is 0.0308 e. The average molecular weight is 210 g/mol. The maximum absolute atomic E-state index is 3.79. The Kier molecular flexibility index (Phi) is 3.36. The second-order valence-corrected chi connectivity index (χ2v) is 5.70. The van der Waals surface area contributed by atoms with Crippen molar-refractivity contribution in [3.63, 3.8) is 0 Å². The van der Waals surface area contributed by atoms with E-state index in [1.807, 2.05) is 0 Å². The molecule has 0 bridgehead atoms. The summed E-state index contributed by atoms with van der Waals surface area (Å²) in [5, 5.41) is 3.79. The van der Waals surface area contributed by atoms with Crippen LogP contribution in [0.4, 0.5) is 0 Å². The van der Waals surface area contributed by atoms with Gasteiger partial charge in [-0.2, -0.15) is 0 Å². The minimum atomic E-state index is 0.403. The van der Waals surface area contributed by atoms with Crippen LogP contribution in [0.3, 0.4) is 0 Å². The number of nitrogens with one attached hydrogen (secondary N) is 1. The molecule has 88 valence electrons. The summed E-state index contributed by atoms with van der Waals surface area (Å²) in [4.78, 5) is 2.69. The Morgan fingerprint density at radius 3 is 2.80 bits per heavy atom. The van der Waals surface area contributed by atoms with Crippen LogP contribution in [0.5, 0.6) is 0 Å². The van der Waals surface area contributed by atoms with Crippen molar-refractivity contribution in [2.24, 2.45) is 5.92 Å².